The molecule has 0 unspecified atom stereocenters. The summed E-state index contributed by atoms with van der Waals surface area (Å²) in [6, 6.07) is 11.7. The Hall–Kier alpha value is -3.08. The molecule has 0 atom stereocenters. The minimum atomic E-state index is -0.872. The van der Waals surface area contributed by atoms with E-state index in [4.69, 9.17) is 9.15 Å². The van der Waals surface area contributed by atoms with Gasteiger partial charge in [0.15, 0.2) is 5.78 Å². The molecular formula is C18H16O5. The lowest BCUT2D eigenvalue weighted by molar-refractivity contribution is -0.139. The largest absolute Gasteiger partial charge is 0.506 e. The molecule has 1 N–H and O–H groups in total. The Balaban J connectivity index is 2.38. The van der Waals surface area contributed by atoms with Gasteiger partial charge in [-0.05, 0) is 31.2 Å². The molecule has 1 heterocycles. The number of aliphatic hydroxyl groups is 1. The summed E-state index contributed by atoms with van der Waals surface area (Å²) in [6.07, 6.45) is 4.04. The van der Waals surface area contributed by atoms with Crippen LogP contribution in [-0.4, -0.2) is 23.5 Å². The third-order valence-electron chi connectivity index (χ3n) is 2.95. The second-order valence-electron chi connectivity index (χ2n) is 4.52. The number of ketones is 1. The zero-order valence-electron chi connectivity index (χ0n) is 12.6. The molecule has 0 aliphatic rings. The molecule has 0 fully saturated rings. The Bertz CT molecular complexity index is 724. The number of carbonyl (C=O) groups excluding carboxylic acids is 2. The number of furan rings is 1. The molecule has 0 saturated carbocycles. The fourth-order valence-corrected chi connectivity index (χ4v) is 1.88. The van der Waals surface area contributed by atoms with Gasteiger partial charge in [0.05, 0.1) is 12.9 Å². The van der Waals surface area contributed by atoms with Crippen molar-refractivity contribution in [3.63, 3.8) is 0 Å². The summed E-state index contributed by atoms with van der Waals surface area (Å²) < 4.78 is 9.95. The molecule has 1 aromatic carbocycles. The van der Waals surface area contributed by atoms with Gasteiger partial charge in [0.25, 0.3) is 0 Å². The minimum absolute atomic E-state index is 0.0968. The molecule has 0 spiro atoms. The highest BCUT2D eigenvalue weighted by atomic mass is 16.5. The van der Waals surface area contributed by atoms with E-state index < -0.39 is 23.1 Å². The van der Waals surface area contributed by atoms with Gasteiger partial charge in [0.1, 0.15) is 17.1 Å². The van der Waals surface area contributed by atoms with Crippen molar-refractivity contribution in [3.05, 3.63) is 71.7 Å². The fraction of sp³-hybridized carbons (Fsp3) is 0.111. The molecule has 0 aliphatic heterocycles. The van der Waals surface area contributed by atoms with Crippen LogP contribution in [0, 0.1) is 0 Å². The van der Waals surface area contributed by atoms with Crippen LogP contribution >= 0.6 is 0 Å². The number of allylic oxidation sites excluding steroid dienone is 1. The summed E-state index contributed by atoms with van der Waals surface area (Å²) in [5.41, 5.74) is -0.0591. The Labute approximate surface area is 133 Å². The molecule has 5 nitrogen and oxygen atoms in total. The van der Waals surface area contributed by atoms with Gasteiger partial charge in [0.2, 0.25) is 0 Å². The fourth-order valence-electron chi connectivity index (χ4n) is 1.88. The third-order valence-corrected chi connectivity index (χ3v) is 2.95. The number of benzene rings is 1. The second-order valence-corrected chi connectivity index (χ2v) is 4.52. The van der Waals surface area contributed by atoms with Crippen molar-refractivity contribution in [2.24, 2.45) is 0 Å². The SMILES string of the molecule is CCOC(=O)/C(C(=O)/C=C/c1ccco1)=C(/O)c1ccccc1. The first-order chi connectivity index (χ1) is 11.1. The maximum absolute atomic E-state index is 12.3. The standard InChI is InChI=1S/C18H16O5/c1-2-22-18(21)16(17(20)13-7-4-3-5-8-13)15(19)11-10-14-9-6-12-23-14/h3-12,20H,2H2,1H3/b11-10+,17-16+. The molecule has 0 bridgehead atoms. The smallest absolute Gasteiger partial charge is 0.345 e. The molecule has 0 saturated heterocycles. The van der Waals surface area contributed by atoms with E-state index in [9.17, 15) is 14.7 Å². The van der Waals surface area contributed by atoms with Crippen LogP contribution < -0.4 is 0 Å². The summed E-state index contributed by atoms with van der Waals surface area (Å²) in [4.78, 5) is 24.4. The molecule has 1 aromatic heterocycles. The number of carbonyl (C=O) groups is 2. The second kappa shape index (κ2) is 7.79. The number of hydrogen-bond acceptors (Lipinski definition) is 5. The van der Waals surface area contributed by atoms with Crippen LogP contribution in [0.15, 0.2) is 64.8 Å². The molecular weight excluding hydrogens is 296 g/mol. The topological polar surface area (TPSA) is 76.7 Å². The summed E-state index contributed by atoms with van der Waals surface area (Å²) in [6.45, 7) is 1.72. The van der Waals surface area contributed by atoms with Crippen molar-refractivity contribution < 1.29 is 23.8 Å². The van der Waals surface area contributed by atoms with E-state index in [2.05, 4.69) is 0 Å². The minimum Gasteiger partial charge on any atom is -0.506 e. The van der Waals surface area contributed by atoms with Gasteiger partial charge in [-0.2, -0.15) is 0 Å². The van der Waals surface area contributed by atoms with E-state index in [-0.39, 0.29) is 6.61 Å². The Morgan fingerprint density at radius 3 is 2.52 bits per heavy atom. The van der Waals surface area contributed by atoms with Crippen molar-refractivity contribution >= 4 is 23.6 Å². The van der Waals surface area contributed by atoms with Crippen LogP contribution in [0.4, 0.5) is 0 Å². The zero-order chi connectivity index (χ0) is 16.7. The van der Waals surface area contributed by atoms with E-state index in [1.54, 1.807) is 49.4 Å². The first-order valence-corrected chi connectivity index (χ1v) is 7.05. The van der Waals surface area contributed by atoms with Gasteiger partial charge in [0, 0.05) is 5.56 Å². The Kier molecular flexibility index (Phi) is 5.52. The molecule has 0 radical (unpaired) electrons. The number of rotatable bonds is 6. The van der Waals surface area contributed by atoms with Gasteiger partial charge in [-0.25, -0.2) is 4.79 Å². The van der Waals surface area contributed by atoms with Crippen LogP contribution in [0.25, 0.3) is 11.8 Å². The summed E-state index contributed by atoms with van der Waals surface area (Å²) in [5, 5.41) is 10.3. The van der Waals surface area contributed by atoms with Crippen LogP contribution in [0.2, 0.25) is 0 Å². The highest BCUT2D eigenvalue weighted by Gasteiger charge is 2.23. The van der Waals surface area contributed by atoms with Crippen LogP contribution in [0.1, 0.15) is 18.2 Å². The molecule has 5 heteroatoms. The monoisotopic (exact) mass is 312 g/mol. The van der Waals surface area contributed by atoms with Crippen molar-refractivity contribution in [1.82, 2.24) is 0 Å². The van der Waals surface area contributed by atoms with Crippen LogP contribution in [0.5, 0.6) is 0 Å². The molecule has 0 amide bonds. The van der Waals surface area contributed by atoms with E-state index in [1.165, 1.54) is 12.3 Å². The van der Waals surface area contributed by atoms with E-state index in [1.807, 2.05) is 0 Å². The van der Waals surface area contributed by atoms with Crippen molar-refractivity contribution in [1.29, 1.82) is 0 Å². The van der Waals surface area contributed by atoms with Crippen molar-refractivity contribution in [2.75, 3.05) is 6.61 Å². The average Bonchev–Trinajstić information content (AvgIpc) is 3.07. The van der Waals surface area contributed by atoms with Crippen LogP contribution in [-0.2, 0) is 14.3 Å². The predicted octanol–water partition coefficient (Wildman–Crippen LogP) is 3.39. The normalized spacial score (nSPS) is 12.0. The Morgan fingerprint density at radius 2 is 1.91 bits per heavy atom. The lowest BCUT2D eigenvalue weighted by Gasteiger charge is -2.08. The molecule has 118 valence electrons. The van der Waals surface area contributed by atoms with Gasteiger partial charge >= 0.3 is 5.97 Å². The first kappa shape index (κ1) is 16.3. The maximum atomic E-state index is 12.3. The third kappa shape index (κ3) is 4.20. The van der Waals surface area contributed by atoms with Gasteiger partial charge in [-0.15, -0.1) is 0 Å². The number of ether oxygens (including phenoxy) is 1. The zero-order valence-corrected chi connectivity index (χ0v) is 12.6. The van der Waals surface area contributed by atoms with E-state index in [0.29, 0.717) is 11.3 Å². The number of hydrogen-bond donors (Lipinski definition) is 1. The highest BCUT2D eigenvalue weighted by molar-refractivity contribution is 6.26. The van der Waals surface area contributed by atoms with Gasteiger partial charge in [-0.3, -0.25) is 4.79 Å². The van der Waals surface area contributed by atoms with Crippen LogP contribution in [0.3, 0.4) is 0 Å². The number of aliphatic hydroxyl groups excluding tert-OH is 1. The predicted molar refractivity (Wildman–Crippen MR) is 85.4 cm³/mol. The maximum Gasteiger partial charge on any atom is 0.345 e. The highest BCUT2D eigenvalue weighted by Crippen LogP contribution is 2.18. The summed E-state index contributed by atoms with van der Waals surface area (Å²) in [7, 11) is 0. The average molecular weight is 312 g/mol. The molecule has 23 heavy (non-hydrogen) atoms. The first-order valence-electron chi connectivity index (χ1n) is 7.05. The molecule has 2 rings (SSSR count). The summed E-state index contributed by atoms with van der Waals surface area (Å²) in [5.74, 6) is -1.50. The van der Waals surface area contributed by atoms with Crippen molar-refractivity contribution in [2.45, 2.75) is 6.92 Å². The van der Waals surface area contributed by atoms with E-state index in [0.717, 1.165) is 6.08 Å². The lowest BCUT2D eigenvalue weighted by atomic mass is 10.0. The van der Waals surface area contributed by atoms with E-state index >= 15 is 0 Å². The van der Waals surface area contributed by atoms with Crippen molar-refractivity contribution in [3.8, 4) is 0 Å². The molecule has 0 aliphatic carbocycles. The Morgan fingerprint density at radius 1 is 1.17 bits per heavy atom. The lowest BCUT2D eigenvalue weighted by Crippen LogP contribution is -2.16. The summed E-state index contributed by atoms with van der Waals surface area (Å²) >= 11 is 0. The van der Waals surface area contributed by atoms with Gasteiger partial charge in [-0.1, -0.05) is 30.3 Å². The molecule has 2 aromatic rings. The van der Waals surface area contributed by atoms with Gasteiger partial charge < -0.3 is 14.3 Å². The quantitative estimate of drug-likeness (QED) is 0.291. The number of esters is 1.